The third kappa shape index (κ3) is 2.68. The summed E-state index contributed by atoms with van der Waals surface area (Å²) in [5.41, 5.74) is 13.1. The fraction of sp³-hybridized carbons (Fsp3) is 0.250. The van der Waals surface area contributed by atoms with Crippen LogP contribution in [0.2, 0.25) is 0 Å². The molecule has 17 heavy (non-hydrogen) atoms. The Morgan fingerprint density at radius 3 is 2.65 bits per heavy atom. The van der Waals surface area contributed by atoms with Gasteiger partial charge in [-0.1, -0.05) is 0 Å². The average molecular weight is 248 g/mol. The van der Waals surface area contributed by atoms with Gasteiger partial charge in [0.05, 0.1) is 12.2 Å². The van der Waals surface area contributed by atoms with Crippen molar-refractivity contribution in [2.45, 2.75) is 20.4 Å². The van der Waals surface area contributed by atoms with Gasteiger partial charge in [-0.3, -0.25) is 0 Å². The van der Waals surface area contributed by atoms with Crippen LogP contribution in [0.3, 0.4) is 0 Å². The third-order valence-corrected chi connectivity index (χ3v) is 3.77. The van der Waals surface area contributed by atoms with Gasteiger partial charge in [0.15, 0.2) is 0 Å². The second-order valence-corrected chi connectivity index (χ2v) is 5.32. The second kappa shape index (κ2) is 4.63. The molecule has 2 aromatic heterocycles. The Morgan fingerprint density at radius 2 is 2.06 bits per heavy atom. The van der Waals surface area contributed by atoms with E-state index in [9.17, 15) is 0 Å². The zero-order chi connectivity index (χ0) is 12.4. The molecule has 2 aromatic rings. The van der Waals surface area contributed by atoms with Crippen molar-refractivity contribution in [2.75, 3.05) is 16.8 Å². The lowest BCUT2D eigenvalue weighted by Gasteiger charge is -2.05. The van der Waals surface area contributed by atoms with Crippen molar-refractivity contribution in [3.05, 3.63) is 33.5 Å². The molecule has 0 spiro atoms. The first-order chi connectivity index (χ1) is 8.06. The van der Waals surface area contributed by atoms with Crippen molar-refractivity contribution in [2.24, 2.45) is 0 Å². The number of aryl methyl sites for hydroxylation is 2. The molecular formula is C12H16N4S. The first-order valence-corrected chi connectivity index (χ1v) is 6.19. The number of anilines is 3. The van der Waals surface area contributed by atoms with Gasteiger partial charge in [0.25, 0.3) is 0 Å². The molecule has 0 aromatic carbocycles. The van der Waals surface area contributed by atoms with Crippen LogP contribution in [0.25, 0.3) is 0 Å². The molecular weight excluding hydrogens is 232 g/mol. The van der Waals surface area contributed by atoms with E-state index in [0.717, 1.165) is 12.4 Å². The second-order valence-electron chi connectivity index (χ2n) is 3.98. The number of nitrogens with two attached hydrogens (primary N) is 2. The summed E-state index contributed by atoms with van der Waals surface area (Å²) in [6.45, 7) is 5.01. The number of thiophene rings is 1. The maximum absolute atomic E-state index is 5.64. The lowest BCUT2D eigenvalue weighted by molar-refractivity contribution is 1.14. The minimum atomic E-state index is 0.369. The number of nitrogen functional groups attached to an aromatic ring is 2. The van der Waals surface area contributed by atoms with Crippen LogP contribution in [0.1, 0.15) is 15.3 Å². The Balaban J connectivity index is 2.04. The van der Waals surface area contributed by atoms with E-state index in [1.165, 1.54) is 15.3 Å². The van der Waals surface area contributed by atoms with E-state index in [0.29, 0.717) is 11.5 Å². The smallest absolute Gasteiger partial charge is 0.149 e. The minimum Gasteiger partial charge on any atom is -0.396 e. The summed E-state index contributed by atoms with van der Waals surface area (Å²) >= 11 is 1.79. The van der Waals surface area contributed by atoms with E-state index >= 15 is 0 Å². The fourth-order valence-corrected chi connectivity index (χ4v) is 2.49. The van der Waals surface area contributed by atoms with Crippen LogP contribution in [-0.2, 0) is 6.54 Å². The van der Waals surface area contributed by atoms with Crippen LogP contribution in [0, 0.1) is 13.8 Å². The first-order valence-electron chi connectivity index (χ1n) is 5.38. The van der Waals surface area contributed by atoms with Crippen molar-refractivity contribution < 1.29 is 0 Å². The molecule has 0 fully saturated rings. The number of pyridine rings is 1. The lowest BCUT2D eigenvalue weighted by Crippen LogP contribution is -2.03. The summed E-state index contributed by atoms with van der Waals surface area (Å²) in [5, 5.41) is 3.23. The molecule has 0 unspecified atom stereocenters. The SMILES string of the molecule is Cc1cc(CNc2ccc(N)c(N)n2)sc1C. The average Bonchev–Trinajstić information content (AvgIpc) is 2.60. The number of rotatable bonds is 3. The zero-order valence-corrected chi connectivity index (χ0v) is 10.8. The van der Waals surface area contributed by atoms with Crippen molar-refractivity contribution in [3.8, 4) is 0 Å². The lowest BCUT2D eigenvalue weighted by atomic mass is 10.3. The molecule has 5 N–H and O–H groups in total. The van der Waals surface area contributed by atoms with E-state index in [2.05, 4.69) is 30.2 Å². The molecule has 0 atom stereocenters. The van der Waals surface area contributed by atoms with E-state index in [-0.39, 0.29) is 0 Å². The van der Waals surface area contributed by atoms with E-state index in [4.69, 9.17) is 11.5 Å². The van der Waals surface area contributed by atoms with Crippen LogP contribution in [0.4, 0.5) is 17.3 Å². The first kappa shape index (κ1) is 11.7. The monoisotopic (exact) mass is 248 g/mol. The van der Waals surface area contributed by atoms with Gasteiger partial charge in [-0.15, -0.1) is 11.3 Å². The van der Waals surface area contributed by atoms with Crippen LogP contribution in [0.15, 0.2) is 18.2 Å². The number of nitrogens with zero attached hydrogens (tertiary/aromatic N) is 1. The molecule has 0 aliphatic carbocycles. The van der Waals surface area contributed by atoms with Crippen molar-refractivity contribution in [3.63, 3.8) is 0 Å². The van der Waals surface area contributed by atoms with Gasteiger partial charge in [-0.05, 0) is 37.6 Å². The van der Waals surface area contributed by atoms with Gasteiger partial charge >= 0.3 is 0 Å². The molecule has 0 saturated carbocycles. The Morgan fingerprint density at radius 1 is 1.29 bits per heavy atom. The number of hydrogen-bond acceptors (Lipinski definition) is 5. The van der Waals surface area contributed by atoms with Gasteiger partial charge in [0.2, 0.25) is 0 Å². The largest absolute Gasteiger partial charge is 0.396 e. The summed E-state index contributed by atoms with van der Waals surface area (Å²) in [6.07, 6.45) is 0. The van der Waals surface area contributed by atoms with Gasteiger partial charge in [-0.2, -0.15) is 0 Å². The quantitative estimate of drug-likeness (QED) is 0.780. The van der Waals surface area contributed by atoms with E-state index in [1.54, 1.807) is 17.4 Å². The van der Waals surface area contributed by atoms with E-state index < -0.39 is 0 Å². The predicted molar refractivity (Wildman–Crippen MR) is 74.2 cm³/mol. The standard InChI is InChI=1S/C12H16N4S/c1-7-5-9(17-8(7)2)6-15-11-4-3-10(13)12(14)16-11/h3-5H,6,13H2,1-2H3,(H3,14,15,16). The molecule has 0 radical (unpaired) electrons. The molecule has 90 valence electrons. The van der Waals surface area contributed by atoms with Gasteiger partial charge < -0.3 is 16.8 Å². The molecule has 0 amide bonds. The van der Waals surface area contributed by atoms with Crippen LogP contribution >= 0.6 is 11.3 Å². The molecule has 0 aliphatic heterocycles. The molecule has 0 aliphatic rings. The third-order valence-electron chi connectivity index (χ3n) is 2.62. The molecule has 5 heteroatoms. The van der Waals surface area contributed by atoms with Crippen LogP contribution in [-0.4, -0.2) is 4.98 Å². The van der Waals surface area contributed by atoms with Gasteiger partial charge in [0, 0.05) is 9.75 Å². The summed E-state index contributed by atoms with van der Waals surface area (Å²) < 4.78 is 0. The fourth-order valence-electron chi connectivity index (χ4n) is 1.50. The summed E-state index contributed by atoms with van der Waals surface area (Å²) in [4.78, 5) is 6.81. The van der Waals surface area contributed by atoms with Gasteiger partial charge in [-0.25, -0.2) is 4.98 Å². The molecule has 4 nitrogen and oxygen atoms in total. The van der Waals surface area contributed by atoms with Crippen molar-refractivity contribution in [1.29, 1.82) is 0 Å². The molecule has 0 bridgehead atoms. The maximum Gasteiger partial charge on any atom is 0.149 e. The van der Waals surface area contributed by atoms with Crippen molar-refractivity contribution >= 4 is 28.7 Å². The summed E-state index contributed by atoms with van der Waals surface area (Å²) in [7, 11) is 0. The Labute approximate surface area is 105 Å². The zero-order valence-electron chi connectivity index (χ0n) is 9.95. The van der Waals surface area contributed by atoms with Crippen LogP contribution in [0.5, 0.6) is 0 Å². The highest BCUT2D eigenvalue weighted by Gasteiger charge is 2.03. The highest BCUT2D eigenvalue weighted by molar-refractivity contribution is 7.12. The number of nitrogens with one attached hydrogen (secondary N) is 1. The molecule has 2 rings (SSSR count). The highest BCUT2D eigenvalue weighted by atomic mass is 32.1. The normalized spacial score (nSPS) is 10.5. The Bertz CT molecular complexity index is 514. The number of aromatic nitrogens is 1. The number of hydrogen-bond donors (Lipinski definition) is 3. The Hall–Kier alpha value is -1.75. The highest BCUT2D eigenvalue weighted by Crippen LogP contribution is 2.22. The maximum atomic E-state index is 5.64. The predicted octanol–water partition coefficient (Wildman–Crippen LogP) is 2.54. The summed E-state index contributed by atoms with van der Waals surface area (Å²) in [5.74, 6) is 1.12. The minimum absolute atomic E-state index is 0.369. The molecule has 2 heterocycles. The van der Waals surface area contributed by atoms with E-state index in [1.807, 2.05) is 6.07 Å². The Kier molecular flexibility index (Phi) is 3.19. The molecule has 0 saturated heterocycles. The van der Waals surface area contributed by atoms with Gasteiger partial charge in [0.1, 0.15) is 11.6 Å². The van der Waals surface area contributed by atoms with Crippen LogP contribution < -0.4 is 16.8 Å². The summed E-state index contributed by atoms with van der Waals surface area (Å²) in [6, 6.07) is 5.78. The van der Waals surface area contributed by atoms with Crippen molar-refractivity contribution in [1.82, 2.24) is 4.98 Å². The topological polar surface area (TPSA) is 77.0 Å².